The minimum absolute atomic E-state index is 0.772. The van der Waals surface area contributed by atoms with Crippen LogP contribution in [0.3, 0.4) is 0 Å². The zero-order chi connectivity index (χ0) is 15.4. The molecule has 3 aromatic rings. The number of aryl methyl sites for hydroxylation is 1. The third kappa shape index (κ3) is 3.29. The molecule has 0 radical (unpaired) electrons. The molecule has 0 atom stereocenters. The topological polar surface area (TPSA) is 38.0 Å². The molecular formula is C20H20N2. The van der Waals surface area contributed by atoms with Crippen LogP contribution >= 0.6 is 0 Å². The van der Waals surface area contributed by atoms with Crippen LogP contribution in [-0.2, 0) is 6.42 Å². The van der Waals surface area contributed by atoms with Crippen molar-refractivity contribution in [2.24, 2.45) is 0 Å². The van der Waals surface area contributed by atoms with E-state index in [1.54, 1.807) is 0 Å². The van der Waals surface area contributed by atoms with Crippen LogP contribution in [0.25, 0.3) is 0 Å². The van der Waals surface area contributed by atoms with Crippen molar-refractivity contribution in [2.75, 3.05) is 11.1 Å². The number of para-hydroxylation sites is 1. The van der Waals surface area contributed by atoms with E-state index in [1.807, 2.05) is 18.2 Å². The molecule has 0 fully saturated rings. The quantitative estimate of drug-likeness (QED) is 0.669. The summed E-state index contributed by atoms with van der Waals surface area (Å²) < 4.78 is 0. The van der Waals surface area contributed by atoms with Crippen LogP contribution in [0, 0.1) is 6.92 Å². The number of nitrogens with one attached hydrogen (secondary N) is 1. The average molecular weight is 288 g/mol. The molecule has 110 valence electrons. The van der Waals surface area contributed by atoms with Gasteiger partial charge in [0.1, 0.15) is 0 Å². The molecule has 3 rings (SSSR count). The van der Waals surface area contributed by atoms with Gasteiger partial charge in [-0.15, -0.1) is 0 Å². The van der Waals surface area contributed by atoms with Crippen LogP contribution in [-0.4, -0.2) is 0 Å². The zero-order valence-corrected chi connectivity index (χ0v) is 12.7. The number of hydrogen-bond donors (Lipinski definition) is 2. The minimum atomic E-state index is 0.772. The van der Waals surface area contributed by atoms with Crippen LogP contribution in [0.5, 0.6) is 0 Å². The Morgan fingerprint density at radius 2 is 1.45 bits per heavy atom. The van der Waals surface area contributed by atoms with Crippen LogP contribution in [0.2, 0.25) is 0 Å². The van der Waals surface area contributed by atoms with Gasteiger partial charge in [-0.3, -0.25) is 0 Å². The Bertz CT molecular complexity index is 726. The first-order chi connectivity index (χ1) is 10.7. The van der Waals surface area contributed by atoms with E-state index in [0.717, 1.165) is 29.0 Å². The summed E-state index contributed by atoms with van der Waals surface area (Å²) in [6.07, 6.45) is 0.952. The van der Waals surface area contributed by atoms with Gasteiger partial charge in [0.15, 0.2) is 0 Å². The summed E-state index contributed by atoms with van der Waals surface area (Å²) in [7, 11) is 0. The van der Waals surface area contributed by atoms with Gasteiger partial charge in [0.05, 0.1) is 11.4 Å². The molecule has 22 heavy (non-hydrogen) atoms. The van der Waals surface area contributed by atoms with E-state index in [4.69, 9.17) is 5.73 Å². The predicted octanol–water partition coefficient (Wildman–Crippen LogP) is 4.91. The Labute approximate surface area is 131 Å². The second-order valence-corrected chi connectivity index (χ2v) is 5.52. The highest BCUT2D eigenvalue weighted by Crippen LogP contribution is 2.27. The fourth-order valence-corrected chi connectivity index (χ4v) is 2.54. The summed E-state index contributed by atoms with van der Waals surface area (Å²) in [6, 6.07) is 25.0. The van der Waals surface area contributed by atoms with E-state index >= 15 is 0 Å². The van der Waals surface area contributed by atoms with Gasteiger partial charge in [0.25, 0.3) is 0 Å². The normalized spacial score (nSPS) is 10.4. The smallest absolute Gasteiger partial charge is 0.0647 e. The maximum Gasteiger partial charge on any atom is 0.0647 e. The largest absolute Gasteiger partial charge is 0.397 e. The molecule has 3 aromatic carbocycles. The molecule has 0 bridgehead atoms. The summed E-state index contributed by atoms with van der Waals surface area (Å²) in [5.41, 5.74) is 12.6. The summed E-state index contributed by atoms with van der Waals surface area (Å²) in [5, 5.41) is 3.41. The number of anilines is 3. The lowest BCUT2D eigenvalue weighted by atomic mass is 10.0. The monoisotopic (exact) mass is 288 g/mol. The Morgan fingerprint density at radius 1 is 0.773 bits per heavy atom. The van der Waals surface area contributed by atoms with Gasteiger partial charge < -0.3 is 11.1 Å². The number of benzene rings is 3. The molecule has 0 saturated heterocycles. The van der Waals surface area contributed by atoms with Gasteiger partial charge in [-0.05, 0) is 48.2 Å². The Morgan fingerprint density at radius 3 is 2.14 bits per heavy atom. The van der Waals surface area contributed by atoms with Crippen LogP contribution in [0.1, 0.15) is 16.7 Å². The van der Waals surface area contributed by atoms with Crippen LogP contribution in [0.4, 0.5) is 17.1 Å². The second-order valence-electron chi connectivity index (χ2n) is 5.52. The highest BCUT2D eigenvalue weighted by molar-refractivity contribution is 5.75. The molecular weight excluding hydrogens is 268 g/mol. The van der Waals surface area contributed by atoms with Crippen molar-refractivity contribution in [3.8, 4) is 0 Å². The van der Waals surface area contributed by atoms with Gasteiger partial charge in [0, 0.05) is 5.69 Å². The zero-order valence-electron chi connectivity index (χ0n) is 12.7. The molecule has 3 N–H and O–H groups in total. The van der Waals surface area contributed by atoms with Crippen molar-refractivity contribution < 1.29 is 0 Å². The van der Waals surface area contributed by atoms with Gasteiger partial charge in [-0.1, -0.05) is 54.6 Å². The first kappa shape index (κ1) is 14.2. The molecule has 0 aliphatic heterocycles. The highest BCUT2D eigenvalue weighted by Gasteiger charge is 2.03. The van der Waals surface area contributed by atoms with Gasteiger partial charge in [0.2, 0.25) is 0 Å². The van der Waals surface area contributed by atoms with E-state index < -0.39 is 0 Å². The SMILES string of the molecule is Cc1cccc(N)c1Nc1ccc(Cc2ccccc2)cc1. The summed E-state index contributed by atoms with van der Waals surface area (Å²) in [4.78, 5) is 0. The molecule has 0 unspecified atom stereocenters. The van der Waals surface area contributed by atoms with Crippen molar-refractivity contribution >= 4 is 17.1 Å². The lowest BCUT2D eigenvalue weighted by molar-refractivity contribution is 1.19. The fourth-order valence-electron chi connectivity index (χ4n) is 2.54. The lowest BCUT2D eigenvalue weighted by Gasteiger charge is -2.12. The maximum absolute atomic E-state index is 6.04. The van der Waals surface area contributed by atoms with E-state index in [0.29, 0.717) is 0 Å². The minimum Gasteiger partial charge on any atom is -0.397 e. The van der Waals surface area contributed by atoms with E-state index in [2.05, 4.69) is 66.8 Å². The summed E-state index contributed by atoms with van der Waals surface area (Å²) in [5.74, 6) is 0. The molecule has 0 saturated carbocycles. The van der Waals surface area contributed by atoms with Crippen LogP contribution in [0.15, 0.2) is 72.8 Å². The first-order valence-electron chi connectivity index (χ1n) is 7.47. The molecule has 0 aliphatic carbocycles. The number of nitrogens with two attached hydrogens (primary N) is 1. The number of rotatable bonds is 4. The summed E-state index contributed by atoms with van der Waals surface area (Å²) >= 11 is 0. The molecule has 0 heterocycles. The second kappa shape index (κ2) is 6.35. The van der Waals surface area contributed by atoms with Gasteiger partial charge in [-0.25, -0.2) is 0 Å². The van der Waals surface area contributed by atoms with Crippen molar-refractivity contribution in [1.29, 1.82) is 0 Å². The Hall–Kier alpha value is -2.74. The molecule has 0 spiro atoms. The number of nitrogen functional groups attached to an aromatic ring is 1. The van der Waals surface area contributed by atoms with E-state index in [1.165, 1.54) is 11.1 Å². The Balaban J connectivity index is 1.74. The number of hydrogen-bond acceptors (Lipinski definition) is 2. The third-order valence-corrected chi connectivity index (χ3v) is 3.78. The molecule has 2 nitrogen and oxygen atoms in total. The standard InChI is InChI=1S/C20H20N2/c1-15-6-5-9-19(21)20(15)22-18-12-10-17(11-13-18)14-16-7-3-2-4-8-16/h2-13,22H,14,21H2,1H3. The third-order valence-electron chi connectivity index (χ3n) is 3.78. The predicted molar refractivity (Wildman–Crippen MR) is 94.6 cm³/mol. The van der Waals surface area contributed by atoms with E-state index in [9.17, 15) is 0 Å². The van der Waals surface area contributed by atoms with Gasteiger partial charge in [-0.2, -0.15) is 0 Å². The molecule has 0 aliphatic rings. The van der Waals surface area contributed by atoms with Crippen molar-refractivity contribution in [3.63, 3.8) is 0 Å². The summed E-state index contributed by atoms with van der Waals surface area (Å²) in [6.45, 7) is 2.06. The molecule has 2 heteroatoms. The van der Waals surface area contributed by atoms with Crippen LogP contribution < -0.4 is 11.1 Å². The lowest BCUT2D eigenvalue weighted by Crippen LogP contribution is -1.98. The molecule has 0 amide bonds. The molecule has 0 aromatic heterocycles. The Kier molecular flexibility index (Phi) is 4.10. The first-order valence-corrected chi connectivity index (χ1v) is 7.47. The van der Waals surface area contributed by atoms with E-state index in [-0.39, 0.29) is 0 Å². The van der Waals surface area contributed by atoms with Crippen molar-refractivity contribution in [3.05, 3.63) is 89.5 Å². The van der Waals surface area contributed by atoms with Gasteiger partial charge >= 0.3 is 0 Å². The maximum atomic E-state index is 6.04. The van der Waals surface area contributed by atoms with Crippen molar-refractivity contribution in [1.82, 2.24) is 0 Å². The van der Waals surface area contributed by atoms with Crippen molar-refractivity contribution in [2.45, 2.75) is 13.3 Å². The average Bonchev–Trinajstić information content (AvgIpc) is 2.54. The highest BCUT2D eigenvalue weighted by atomic mass is 14.9. The fraction of sp³-hybridized carbons (Fsp3) is 0.100.